The van der Waals surface area contributed by atoms with E-state index in [1.165, 1.54) is 33.7 Å². The summed E-state index contributed by atoms with van der Waals surface area (Å²) in [4.78, 5) is 11.6. The molecule has 0 saturated heterocycles. The van der Waals surface area contributed by atoms with Crippen molar-refractivity contribution in [2.24, 2.45) is 0 Å². The average Bonchev–Trinajstić information content (AvgIpc) is 3.32. The summed E-state index contributed by atoms with van der Waals surface area (Å²) in [7, 11) is 0. The molecule has 0 bridgehead atoms. The van der Waals surface area contributed by atoms with Gasteiger partial charge in [0.05, 0.1) is 10.8 Å². The van der Waals surface area contributed by atoms with Gasteiger partial charge in [-0.2, -0.15) is 5.10 Å². The molecule has 0 aliphatic heterocycles. The number of hydrogen-bond acceptors (Lipinski definition) is 7. The summed E-state index contributed by atoms with van der Waals surface area (Å²) in [6, 6.07) is 2.18. The quantitative estimate of drug-likeness (QED) is 0.336. The summed E-state index contributed by atoms with van der Waals surface area (Å²) in [6.07, 6.45) is 4.86. The predicted octanol–water partition coefficient (Wildman–Crippen LogP) is 3.83. The number of thiophene rings is 1. The molecule has 0 spiro atoms. The first-order valence-electron chi connectivity index (χ1n) is 7.93. The first kappa shape index (κ1) is 17.6. The van der Waals surface area contributed by atoms with E-state index in [2.05, 4.69) is 45.2 Å². The van der Waals surface area contributed by atoms with Gasteiger partial charge in [0.1, 0.15) is 12.4 Å². The Balaban J connectivity index is 1.75. The van der Waals surface area contributed by atoms with Crippen molar-refractivity contribution in [3.8, 4) is 11.4 Å². The summed E-state index contributed by atoms with van der Waals surface area (Å²) >= 11 is 3.20. The zero-order valence-corrected chi connectivity index (χ0v) is 15.6. The molecule has 0 aliphatic rings. The number of hydrogen-bond donors (Lipinski definition) is 0. The summed E-state index contributed by atoms with van der Waals surface area (Å²) in [6.45, 7) is 4.97. The van der Waals surface area contributed by atoms with Crippen molar-refractivity contribution < 1.29 is 4.92 Å². The van der Waals surface area contributed by atoms with Crippen molar-refractivity contribution in [1.82, 2.24) is 24.5 Å². The summed E-state index contributed by atoms with van der Waals surface area (Å²) in [5.41, 5.74) is 1.07. The Bertz CT molecular complexity index is 869. The van der Waals surface area contributed by atoms with E-state index in [4.69, 9.17) is 0 Å². The third-order valence-electron chi connectivity index (χ3n) is 3.60. The van der Waals surface area contributed by atoms with Crippen molar-refractivity contribution >= 4 is 28.8 Å². The van der Waals surface area contributed by atoms with Gasteiger partial charge in [0.2, 0.25) is 0 Å². The summed E-state index contributed by atoms with van der Waals surface area (Å²) < 4.78 is 3.58. The van der Waals surface area contributed by atoms with E-state index in [0.29, 0.717) is 5.88 Å². The maximum atomic E-state index is 10.7. The minimum atomic E-state index is -0.453. The number of thioether (sulfide) groups is 1. The van der Waals surface area contributed by atoms with Gasteiger partial charge in [-0.25, -0.2) is 0 Å². The molecule has 10 heteroatoms. The zero-order chi connectivity index (χ0) is 17.8. The Kier molecular flexibility index (Phi) is 5.49. The first-order chi connectivity index (χ1) is 12.1. The zero-order valence-electron chi connectivity index (χ0n) is 14.0. The summed E-state index contributed by atoms with van der Waals surface area (Å²) in [5, 5.41) is 26.2. The van der Waals surface area contributed by atoms with Crippen LogP contribution in [-0.4, -0.2) is 29.5 Å². The fourth-order valence-electron chi connectivity index (χ4n) is 2.41. The molecule has 0 aliphatic carbocycles. The standard InChI is InChI=1S/C15H18N6O2S2/c1-3-5-13-6-11(9-24-13)14-17-18-15(20(14)4-2)25-10-19-8-12(7-16-19)21(22)23/h6-9H,3-5,10H2,1-2H3. The molecule has 132 valence electrons. The van der Waals surface area contributed by atoms with E-state index in [9.17, 15) is 10.1 Å². The highest BCUT2D eigenvalue weighted by Crippen LogP contribution is 2.29. The average molecular weight is 378 g/mol. The van der Waals surface area contributed by atoms with Crippen LogP contribution < -0.4 is 0 Å². The maximum absolute atomic E-state index is 10.7. The molecule has 0 unspecified atom stereocenters. The molecule has 25 heavy (non-hydrogen) atoms. The largest absolute Gasteiger partial charge is 0.307 e. The molecule has 0 amide bonds. The molecule has 0 saturated carbocycles. The third-order valence-corrected chi connectivity index (χ3v) is 5.55. The number of aromatic nitrogens is 5. The highest BCUT2D eigenvalue weighted by atomic mass is 32.2. The van der Waals surface area contributed by atoms with Gasteiger partial charge >= 0.3 is 5.69 Å². The van der Waals surface area contributed by atoms with E-state index in [-0.39, 0.29) is 5.69 Å². The van der Waals surface area contributed by atoms with Gasteiger partial charge in [-0.15, -0.1) is 21.5 Å². The lowest BCUT2D eigenvalue weighted by Crippen LogP contribution is -2.01. The van der Waals surface area contributed by atoms with Crippen LogP contribution in [0.15, 0.2) is 29.0 Å². The molecule has 3 aromatic rings. The van der Waals surface area contributed by atoms with Gasteiger partial charge in [0, 0.05) is 22.4 Å². The fraction of sp³-hybridized carbons (Fsp3) is 0.400. The molecule has 8 nitrogen and oxygen atoms in total. The Morgan fingerprint density at radius 1 is 1.36 bits per heavy atom. The van der Waals surface area contributed by atoms with Crippen molar-refractivity contribution in [3.63, 3.8) is 0 Å². The Labute approximate surface area is 153 Å². The number of aryl methyl sites for hydroxylation is 1. The summed E-state index contributed by atoms with van der Waals surface area (Å²) in [5.74, 6) is 1.30. The van der Waals surface area contributed by atoms with Crippen molar-refractivity contribution in [1.29, 1.82) is 0 Å². The minimum absolute atomic E-state index is 0.0139. The molecule has 0 atom stereocenters. The molecular weight excluding hydrogens is 360 g/mol. The molecule has 3 heterocycles. The molecule has 0 fully saturated rings. The minimum Gasteiger partial charge on any atom is -0.302 e. The van der Waals surface area contributed by atoms with Gasteiger partial charge in [-0.1, -0.05) is 25.1 Å². The predicted molar refractivity (Wildman–Crippen MR) is 97.7 cm³/mol. The van der Waals surface area contributed by atoms with Crippen LogP contribution >= 0.6 is 23.1 Å². The molecule has 0 radical (unpaired) electrons. The van der Waals surface area contributed by atoms with Crippen LogP contribution in [0.4, 0.5) is 5.69 Å². The Hall–Kier alpha value is -2.20. The van der Waals surface area contributed by atoms with Crippen LogP contribution in [-0.2, 0) is 18.8 Å². The molecular formula is C15H18N6O2S2. The number of rotatable bonds is 8. The van der Waals surface area contributed by atoms with Crippen LogP contribution in [0.25, 0.3) is 11.4 Å². The van der Waals surface area contributed by atoms with Crippen molar-refractivity contribution in [2.75, 3.05) is 0 Å². The van der Waals surface area contributed by atoms with E-state index in [1.807, 2.05) is 0 Å². The lowest BCUT2D eigenvalue weighted by atomic mass is 10.2. The van der Waals surface area contributed by atoms with Crippen molar-refractivity contribution in [2.45, 2.75) is 44.3 Å². The second kappa shape index (κ2) is 7.79. The highest BCUT2D eigenvalue weighted by Gasteiger charge is 2.15. The molecule has 0 aromatic carbocycles. The SMILES string of the molecule is CCCc1cc(-c2nnc(SCn3cc([N+](=O)[O-])cn3)n2CC)cs1. The molecule has 3 aromatic heterocycles. The van der Waals surface area contributed by atoms with E-state index < -0.39 is 4.92 Å². The number of nitrogens with zero attached hydrogens (tertiary/aromatic N) is 6. The fourth-order valence-corrected chi connectivity index (χ4v) is 4.24. The second-order valence-electron chi connectivity index (χ2n) is 5.37. The van der Waals surface area contributed by atoms with Gasteiger partial charge < -0.3 is 4.57 Å². The van der Waals surface area contributed by atoms with Gasteiger partial charge in [-0.05, 0) is 19.4 Å². The first-order valence-corrected chi connectivity index (χ1v) is 9.79. The second-order valence-corrected chi connectivity index (χ2v) is 7.28. The Morgan fingerprint density at radius 2 is 2.20 bits per heavy atom. The smallest absolute Gasteiger partial charge is 0.302 e. The molecule has 0 N–H and O–H groups in total. The lowest BCUT2D eigenvalue weighted by Gasteiger charge is -2.06. The normalized spacial score (nSPS) is 11.1. The monoisotopic (exact) mass is 378 g/mol. The van der Waals surface area contributed by atoms with Gasteiger partial charge in [0.25, 0.3) is 0 Å². The Morgan fingerprint density at radius 3 is 2.88 bits per heavy atom. The van der Waals surface area contributed by atoms with E-state index >= 15 is 0 Å². The van der Waals surface area contributed by atoms with Crippen LogP contribution in [0.1, 0.15) is 25.1 Å². The van der Waals surface area contributed by atoms with E-state index in [1.54, 1.807) is 11.3 Å². The van der Waals surface area contributed by atoms with Crippen molar-refractivity contribution in [3.05, 3.63) is 38.8 Å². The van der Waals surface area contributed by atoms with Gasteiger partial charge in [0.15, 0.2) is 11.0 Å². The number of nitro groups is 1. The van der Waals surface area contributed by atoms with Crippen LogP contribution in [0.5, 0.6) is 0 Å². The van der Waals surface area contributed by atoms with Gasteiger partial charge in [-0.3, -0.25) is 14.8 Å². The lowest BCUT2D eigenvalue weighted by molar-refractivity contribution is -0.385. The van der Waals surface area contributed by atoms with Crippen LogP contribution in [0.2, 0.25) is 0 Å². The topological polar surface area (TPSA) is 91.7 Å². The third kappa shape index (κ3) is 3.90. The molecule has 3 rings (SSSR count). The maximum Gasteiger partial charge on any atom is 0.307 e. The van der Waals surface area contributed by atoms with Crippen LogP contribution in [0.3, 0.4) is 0 Å². The van der Waals surface area contributed by atoms with E-state index in [0.717, 1.165) is 35.9 Å². The highest BCUT2D eigenvalue weighted by molar-refractivity contribution is 7.98. The van der Waals surface area contributed by atoms with Crippen LogP contribution in [0, 0.1) is 10.1 Å².